The quantitative estimate of drug-likeness (QED) is 0.734. The Morgan fingerprint density at radius 1 is 1.22 bits per heavy atom. The number of hydrogen-bond donors (Lipinski definition) is 2. The number of likely N-dealkylation sites (tertiary alicyclic amines) is 1. The van der Waals surface area contributed by atoms with Gasteiger partial charge in [-0.25, -0.2) is 4.79 Å². The first-order chi connectivity index (χ1) is 12.8. The second kappa shape index (κ2) is 9.74. The third-order valence-corrected chi connectivity index (χ3v) is 4.68. The molecule has 2 N–H and O–H groups in total. The monoisotopic (exact) mass is 376 g/mol. The number of carbonyl (C=O) groups is 2. The summed E-state index contributed by atoms with van der Waals surface area (Å²) in [6.07, 6.45) is 4.51. The summed E-state index contributed by atoms with van der Waals surface area (Å²) in [6.45, 7) is 7.18. The Bertz CT molecular complexity index is 631. The zero-order chi connectivity index (χ0) is 19.9. The fourth-order valence-corrected chi connectivity index (χ4v) is 3.30. The maximum Gasteiger partial charge on any atom is 0.412 e. The van der Waals surface area contributed by atoms with Crippen molar-refractivity contribution in [1.82, 2.24) is 4.90 Å². The number of nitrogens with zero attached hydrogens (tertiary/aromatic N) is 1. The molecule has 0 unspecified atom stereocenters. The number of aliphatic hydroxyl groups is 1. The van der Waals surface area contributed by atoms with E-state index in [0.717, 1.165) is 45.2 Å². The van der Waals surface area contributed by atoms with Crippen molar-refractivity contribution >= 4 is 17.7 Å². The molecule has 0 atom stereocenters. The van der Waals surface area contributed by atoms with E-state index in [4.69, 9.17) is 9.84 Å². The first-order valence-corrected chi connectivity index (χ1v) is 9.78. The van der Waals surface area contributed by atoms with Crippen LogP contribution in [0.3, 0.4) is 0 Å². The second-order valence-corrected chi connectivity index (χ2v) is 8.16. The molecule has 6 nitrogen and oxygen atoms in total. The lowest BCUT2D eigenvalue weighted by Crippen LogP contribution is -2.38. The Morgan fingerprint density at radius 3 is 2.56 bits per heavy atom. The van der Waals surface area contributed by atoms with E-state index in [9.17, 15) is 9.59 Å². The van der Waals surface area contributed by atoms with E-state index in [2.05, 4.69) is 5.32 Å². The van der Waals surface area contributed by atoms with Crippen LogP contribution in [0.4, 0.5) is 10.5 Å². The van der Waals surface area contributed by atoms with Gasteiger partial charge in [-0.1, -0.05) is 18.9 Å². The van der Waals surface area contributed by atoms with Gasteiger partial charge in [-0.15, -0.1) is 0 Å². The molecule has 1 saturated heterocycles. The van der Waals surface area contributed by atoms with Gasteiger partial charge in [0.15, 0.2) is 0 Å². The van der Waals surface area contributed by atoms with Crippen molar-refractivity contribution in [3.8, 4) is 0 Å². The molecular formula is C21H32N2O4. The number of aliphatic hydroxyl groups excluding tert-OH is 1. The molecule has 0 aromatic heterocycles. The Morgan fingerprint density at radius 2 is 1.93 bits per heavy atom. The Balaban J connectivity index is 1.89. The van der Waals surface area contributed by atoms with Crippen LogP contribution >= 0.6 is 0 Å². The van der Waals surface area contributed by atoms with Crippen molar-refractivity contribution in [1.29, 1.82) is 0 Å². The topological polar surface area (TPSA) is 78.9 Å². The smallest absolute Gasteiger partial charge is 0.412 e. The lowest BCUT2D eigenvalue weighted by atomic mass is 9.91. The van der Waals surface area contributed by atoms with Crippen LogP contribution in [0.1, 0.15) is 63.2 Å². The van der Waals surface area contributed by atoms with Crippen LogP contribution in [-0.2, 0) is 4.74 Å². The van der Waals surface area contributed by atoms with Crippen molar-refractivity contribution in [3.63, 3.8) is 0 Å². The fourth-order valence-electron chi connectivity index (χ4n) is 3.30. The average Bonchev–Trinajstić information content (AvgIpc) is 2.60. The number of benzene rings is 1. The van der Waals surface area contributed by atoms with Crippen molar-refractivity contribution in [2.45, 2.75) is 58.5 Å². The summed E-state index contributed by atoms with van der Waals surface area (Å²) in [5.41, 5.74) is 0.551. The molecule has 1 fully saturated rings. The van der Waals surface area contributed by atoms with Gasteiger partial charge in [0.25, 0.3) is 5.91 Å². The Hall–Kier alpha value is -2.08. The number of ether oxygens (including phenoxy) is 1. The average molecular weight is 376 g/mol. The summed E-state index contributed by atoms with van der Waals surface area (Å²) in [5, 5.41) is 11.6. The summed E-state index contributed by atoms with van der Waals surface area (Å²) in [4.78, 5) is 26.6. The highest BCUT2D eigenvalue weighted by Crippen LogP contribution is 2.24. The van der Waals surface area contributed by atoms with E-state index in [1.165, 1.54) is 0 Å². The van der Waals surface area contributed by atoms with Crippen molar-refractivity contribution in [3.05, 3.63) is 29.8 Å². The van der Waals surface area contributed by atoms with Gasteiger partial charge >= 0.3 is 6.09 Å². The summed E-state index contributed by atoms with van der Waals surface area (Å²) in [6, 6.07) is 6.98. The molecule has 0 radical (unpaired) electrons. The number of hydrogen-bond acceptors (Lipinski definition) is 4. The van der Waals surface area contributed by atoms with E-state index < -0.39 is 11.7 Å². The number of unbranched alkanes of at least 4 members (excludes halogenated alkanes) is 1. The molecule has 6 heteroatoms. The number of carbonyl (C=O) groups excluding carboxylic acids is 2. The maximum absolute atomic E-state index is 12.8. The van der Waals surface area contributed by atoms with Crippen molar-refractivity contribution < 1.29 is 19.4 Å². The highest BCUT2D eigenvalue weighted by Gasteiger charge is 2.24. The molecule has 1 aliphatic rings. The largest absolute Gasteiger partial charge is 0.444 e. The van der Waals surface area contributed by atoms with E-state index in [-0.39, 0.29) is 12.5 Å². The van der Waals surface area contributed by atoms with Gasteiger partial charge in [-0.2, -0.15) is 0 Å². The summed E-state index contributed by atoms with van der Waals surface area (Å²) < 4.78 is 5.25. The van der Waals surface area contributed by atoms with Gasteiger partial charge in [-0.3, -0.25) is 10.1 Å². The van der Waals surface area contributed by atoms with Crippen LogP contribution in [0.2, 0.25) is 0 Å². The third kappa shape index (κ3) is 7.21. The lowest BCUT2D eigenvalue weighted by molar-refractivity contribution is 0.0633. The van der Waals surface area contributed by atoms with Crippen LogP contribution in [0.15, 0.2) is 24.3 Å². The zero-order valence-corrected chi connectivity index (χ0v) is 16.7. The molecule has 150 valence electrons. The molecule has 1 aliphatic heterocycles. The van der Waals surface area contributed by atoms with Crippen LogP contribution in [0, 0.1) is 5.92 Å². The Labute approximate surface area is 161 Å². The minimum Gasteiger partial charge on any atom is -0.444 e. The van der Waals surface area contributed by atoms with Crippen LogP contribution in [0.5, 0.6) is 0 Å². The van der Waals surface area contributed by atoms with Gasteiger partial charge in [-0.05, 0) is 64.2 Å². The Kier molecular flexibility index (Phi) is 7.66. The number of nitrogens with one attached hydrogen (secondary N) is 1. The van der Waals surface area contributed by atoms with Gasteiger partial charge in [0.2, 0.25) is 0 Å². The van der Waals surface area contributed by atoms with E-state index in [1.807, 2.05) is 4.90 Å². The fraction of sp³-hybridized carbons (Fsp3) is 0.619. The molecule has 2 rings (SSSR count). The van der Waals surface area contributed by atoms with E-state index >= 15 is 0 Å². The van der Waals surface area contributed by atoms with E-state index in [1.54, 1.807) is 45.0 Å². The van der Waals surface area contributed by atoms with E-state index in [0.29, 0.717) is 17.2 Å². The van der Waals surface area contributed by atoms with Gasteiger partial charge in [0, 0.05) is 30.9 Å². The number of piperidine rings is 1. The molecule has 0 bridgehead atoms. The maximum atomic E-state index is 12.8. The summed E-state index contributed by atoms with van der Waals surface area (Å²) in [7, 11) is 0. The number of amides is 2. The highest BCUT2D eigenvalue weighted by atomic mass is 16.6. The number of rotatable bonds is 6. The molecule has 0 saturated carbocycles. The normalized spacial score (nSPS) is 15.5. The third-order valence-electron chi connectivity index (χ3n) is 4.68. The summed E-state index contributed by atoms with van der Waals surface area (Å²) in [5.74, 6) is 0.636. The van der Waals surface area contributed by atoms with Crippen molar-refractivity contribution in [2.75, 3.05) is 25.0 Å². The molecule has 1 aromatic carbocycles. The van der Waals surface area contributed by atoms with Crippen molar-refractivity contribution in [2.24, 2.45) is 5.92 Å². The predicted molar refractivity (Wildman–Crippen MR) is 106 cm³/mol. The predicted octanol–water partition coefficient (Wildman–Crippen LogP) is 4.05. The molecule has 1 heterocycles. The molecule has 2 amide bonds. The highest BCUT2D eigenvalue weighted by molar-refractivity contribution is 5.96. The number of anilines is 1. The van der Waals surface area contributed by atoms with Crippen LogP contribution in [0.25, 0.3) is 0 Å². The van der Waals surface area contributed by atoms with Gasteiger partial charge < -0.3 is 14.7 Å². The SMILES string of the molecule is CC(C)(C)OC(=O)Nc1cccc(C(=O)N2CCC(CCCCO)CC2)c1. The minimum atomic E-state index is -0.570. The van der Waals surface area contributed by atoms with Crippen LogP contribution in [-0.4, -0.2) is 47.3 Å². The molecule has 0 aliphatic carbocycles. The molecule has 0 spiro atoms. The minimum absolute atomic E-state index is 0.00310. The van der Waals surface area contributed by atoms with Gasteiger partial charge in [0.05, 0.1) is 0 Å². The first kappa shape index (κ1) is 21.2. The second-order valence-electron chi connectivity index (χ2n) is 8.16. The zero-order valence-electron chi connectivity index (χ0n) is 16.7. The molecular weight excluding hydrogens is 344 g/mol. The molecule has 27 heavy (non-hydrogen) atoms. The van der Waals surface area contributed by atoms with Crippen LogP contribution < -0.4 is 5.32 Å². The standard InChI is InChI=1S/C21H32N2O4/c1-21(2,3)27-20(26)22-18-9-6-8-17(15-18)19(25)23-12-10-16(11-13-23)7-4-5-14-24/h6,8-9,15-16,24H,4-5,7,10-14H2,1-3H3,(H,22,26). The molecule has 1 aromatic rings. The summed E-state index contributed by atoms with van der Waals surface area (Å²) >= 11 is 0. The van der Waals surface area contributed by atoms with Gasteiger partial charge in [0.1, 0.15) is 5.60 Å². The lowest BCUT2D eigenvalue weighted by Gasteiger charge is -2.32. The first-order valence-electron chi connectivity index (χ1n) is 9.78.